The lowest BCUT2D eigenvalue weighted by molar-refractivity contribution is 0.102. The van der Waals surface area contributed by atoms with Gasteiger partial charge in [-0.1, -0.05) is 17.4 Å². The molecule has 0 unspecified atom stereocenters. The Bertz CT molecular complexity index is 903. The first-order chi connectivity index (χ1) is 11.1. The van der Waals surface area contributed by atoms with Crippen LogP contribution in [-0.2, 0) is 6.54 Å². The second kappa shape index (κ2) is 6.57. The first-order valence-electron chi connectivity index (χ1n) is 6.67. The molecule has 6 nitrogen and oxygen atoms in total. The molecule has 3 aromatic rings. The summed E-state index contributed by atoms with van der Waals surface area (Å²) >= 11 is 8.07. The zero-order chi connectivity index (χ0) is 16.4. The van der Waals surface area contributed by atoms with Gasteiger partial charge in [0.25, 0.3) is 5.91 Å². The van der Waals surface area contributed by atoms with Crippen LogP contribution in [0.3, 0.4) is 0 Å². The van der Waals surface area contributed by atoms with Gasteiger partial charge in [-0.25, -0.2) is 4.98 Å². The van der Waals surface area contributed by atoms with E-state index in [9.17, 15) is 4.79 Å². The van der Waals surface area contributed by atoms with Crippen molar-refractivity contribution in [3.63, 3.8) is 0 Å². The molecule has 0 atom stereocenters. The van der Waals surface area contributed by atoms with E-state index in [2.05, 4.69) is 27.1 Å². The molecular formula is C14H13N5OS3. The van der Waals surface area contributed by atoms with Crippen LogP contribution in [0.1, 0.15) is 16.1 Å². The Hall–Kier alpha value is -2.10. The molecule has 23 heavy (non-hydrogen) atoms. The monoisotopic (exact) mass is 363 g/mol. The molecule has 0 spiro atoms. The van der Waals surface area contributed by atoms with Gasteiger partial charge in [0, 0.05) is 11.9 Å². The third-order valence-corrected chi connectivity index (χ3v) is 5.14. The lowest BCUT2D eigenvalue weighted by Crippen LogP contribution is -2.10. The van der Waals surface area contributed by atoms with Crippen LogP contribution in [0.15, 0.2) is 29.5 Å². The van der Waals surface area contributed by atoms with Crippen molar-refractivity contribution >= 4 is 45.9 Å². The highest BCUT2D eigenvalue weighted by atomic mass is 32.1. The van der Waals surface area contributed by atoms with E-state index in [1.54, 1.807) is 17.5 Å². The summed E-state index contributed by atoms with van der Waals surface area (Å²) in [6, 6.07) is 1.77. The Labute approximate surface area is 145 Å². The number of H-pyrrole nitrogens is 1. The quantitative estimate of drug-likeness (QED) is 0.533. The Morgan fingerprint density at radius 2 is 2.43 bits per heavy atom. The first-order valence-corrected chi connectivity index (χ1v) is 8.84. The zero-order valence-electron chi connectivity index (χ0n) is 12.2. The Kier molecular flexibility index (Phi) is 4.51. The Balaban J connectivity index is 1.91. The molecule has 0 bridgehead atoms. The highest BCUT2D eigenvalue weighted by molar-refractivity contribution is 7.71. The average Bonchev–Trinajstić information content (AvgIpc) is 3.22. The van der Waals surface area contributed by atoms with E-state index in [1.165, 1.54) is 22.7 Å². The number of thiophene rings is 1. The number of aryl methyl sites for hydroxylation is 1. The van der Waals surface area contributed by atoms with Crippen molar-refractivity contribution in [2.24, 2.45) is 0 Å². The van der Waals surface area contributed by atoms with Crippen LogP contribution in [0.25, 0.3) is 10.7 Å². The van der Waals surface area contributed by atoms with Gasteiger partial charge in [0.1, 0.15) is 0 Å². The fourth-order valence-electron chi connectivity index (χ4n) is 2.01. The van der Waals surface area contributed by atoms with Gasteiger partial charge in [0.05, 0.1) is 16.1 Å². The zero-order valence-corrected chi connectivity index (χ0v) is 14.6. The number of hydrogen-bond acceptors (Lipinski definition) is 6. The van der Waals surface area contributed by atoms with Crippen LogP contribution >= 0.6 is 34.9 Å². The lowest BCUT2D eigenvalue weighted by atomic mass is 10.3. The maximum atomic E-state index is 12.1. The van der Waals surface area contributed by atoms with E-state index in [4.69, 9.17) is 12.2 Å². The SMILES string of the molecule is C=CCn1c(-c2sc(NC(=O)c3ccsc3)nc2C)n[nH]c1=S. The largest absolute Gasteiger partial charge is 0.298 e. The standard InChI is InChI=1S/C14H13N5OS3/c1-3-5-19-11(17-18-14(19)21)10-8(2)15-13(23-10)16-12(20)9-4-6-22-7-9/h3-4,6-7H,1,5H2,2H3,(H,18,21)(H,15,16,20). The molecule has 1 amide bonds. The minimum atomic E-state index is -0.170. The maximum absolute atomic E-state index is 12.1. The Morgan fingerprint density at radius 1 is 1.61 bits per heavy atom. The van der Waals surface area contributed by atoms with E-state index in [0.717, 1.165) is 10.6 Å². The van der Waals surface area contributed by atoms with Gasteiger partial charge >= 0.3 is 0 Å². The number of carbonyl (C=O) groups is 1. The minimum absolute atomic E-state index is 0.170. The summed E-state index contributed by atoms with van der Waals surface area (Å²) in [6.07, 6.45) is 1.75. The van der Waals surface area contributed by atoms with Gasteiger partial charge in [-0.15, -0.1) is 6.58 Å². The van der Waals surface area contributed by atoms with Crippen LogP contribution in [-0.4, -0.2) is 25.7 Å². The fourth-order valence-corrected chi connectivity index (χ4v) is 3.81. The molecule has 3 rings (SSSR count). The van der Waals surface area contributed by atoms with Gasteiger partial charge in [-0.2, -0.15) is 16.4 Å². The van der Waals surface area contributed by atoms with Crippen molar-refractivity contribution < 1.29 is 4.79 Å². The van der Waals surface area contributed by atoms with E-state index >= 15 is 0 Å². The predicted octanol–water partition coefficient (Wildman–Crippen LogP) is 3.87. The fraction of sp³-hybridized carbons (Fsp3) is 0.143. The molecule has 118 valence electrons. The number of carbonyl (C=O) groups excluding carboxylic acids is 1. The van der Waals surface area contributed by atoms with Crippen LogP contribution in [0.5, 0.6) is 0 Å². The van der Waals surface area contributed by atoms with Gasteiger partial charge < -0.3 is 0 Å². The number of aromatic nitrogens is 4. The number of anilines is 1. The molecule has 0 aromatic carbocycles. The molecule has 0 aliphatic rings. The van der Waals surface area contributed by atoms with E-state index in [1.807, 2.05) is 16.9 Å². The number of thiazole rings is 1. The highest BCUT2D eigenvalue weighted by Crippen LogP contribution is 2.32. The van der Waals surface area contributed by atoms with E-state index < -0.39 is 0 Å². The minimum Gasteiger partial charge on any atom is -0.298 e. The number of hydrogen-bond donors (Lipinski definition) is 2. The number of allylic oxidation sites excluding steroid dienone is 1. The van der Waals surface area contributed by atoms with E-state index in [-0.39, 0.29) is 5.91 Å². The third kappa shape index (κ3) is 3.16. The normalized spacial score (nSPS) is 10.7. The average molecular weight is 363 g/mol. The highest BCUT2D eigenvalue weighted by Gasteiger charge is 2.17. The number of rotatable bonds is 5. The summed E-state index contributed by atoms with van der Waals surface area (Å²) in [7, 11) is 0. The van der Waals surface area contributed by atoms with Crippen LogP contribution < -0.4 is 5.32 Å². The van der Waals surface area contributed by atoms with Crippen molar-refractivity contribution in [1.29, 1.82) is 0 Å². The van der Waals surface area contributed by atoms with Crippen molar-refractivity contribution in [3.8, 4) is 10.7 Å². The molecule has 0 radical (unpaired) electrons. The predicted molar refractivity (Wildman–Crippen MR) is 95.7 cm³/mol. The lowest BCUT2D eigenvalue weighted by Gasteiger charge is -2.01. The second-order valence-electron chi connectivity index (χ2n) is 4.65. The number of nitrogens with one attached hydrogen (secondary N) is 2. The first kappa shape index (κ1) is 15.8. The van der Waals surface area contributed by atoms with Crippen molar-refractivity contribution in [2.45, 2.75) is 13.5 Å². The summed E-state index contributed by atoms with van der Waals surface area (Å²) in [6.45, 7) is 6.16. The molecule has 2 N–H and O–H groups in total. The van der Waals surface area contributed by atoms with Gasteiger partial charge in [-0.05, 0) is 30.6 Å². The smallest absolute Gasteiger partial charge is 0.258 e. The second-order valence-corrected chi connectivity index (χ2v) is 6.82. The topological polar surface area (TPSA) is 75.6 Å². The number of amides is 1. The summed E-state index contributed by atoms with van der Waals surface area (Å²) in [5.41, 5.74) is 1.41. The molecular weight excluding hydrogens is 350 g/mol. The summed E-state index contributed by atoms with van der Waals surface area (Å²) in [5.74, 6) is 0.525. The molecule has 0 saturated heterocycles. The summed E-state index contributed by atoms with van der Waals surface area (Å²) in [5, 5.41) is 14.1. The number of nitrogens with zero attached hydrogens (tertiary/aromatic N) is 3. The molecule has 3 heterocycles. The van der Waals surface area contributed by atoms with Crippen LogP contribution in [0.4, 0.5) is 5.13 Å². The molecule has 9 heteroatoms. The number of aromatic amines is 1. The molecule has 0 aliphatic carbocycles. The maximum Gasteiger partial charge on any atom is 0.258 e. The summed E-state index contributed by atoms with van der Waals surface area (Å²) in [4.78, 5) is 17.4. The molecule has 0 aliphatic heterocycles. The van der Waals surface area contributed by atoms with Gasteiger partial charge in [0.15, 0.2) is 15.7 Å². The molecule has 3 aromatic heterocycles. The van der Waals surface area contributed by atoms with Crippen molar-refractivity contribution in [3.05, 3.63) is 45.5 Å². The van der Waals surface area contributed by atoms with Crippen molar-refractivity contribution in [1.82, 2.24) is 19.7 Å². The van der Waals surface area contributed by atoms with Crippen LogP contribution in [0, 0.1) is 11.7 Å². The van der Waals surface area contributed by atoms with Gasteiger partial charge in [-0.3, -0.25) is 19.8 Å². The van der Waals surface area contributed by atoms with E-state index in [0.29, 0.717) is 27.8 Å². The molecule has 0 saturated carbocycles. The van der Waals surface area contributed by atoms with Crippen LogP contribution in [0.2, 0.25) is 0 Å². The molecule has 0 fully saturated rings. The third-order valence-electron chi connectivity index (χ3n) is 3.07. The summed E-state index contributed by atoms with van der Waals surface area (Å²) < 4.78 is 2.37. The Morgan fingerprint density at radius 3 is 3.13 bits per heavy atom. The van der Waals surface area contributed by atoms with Crippen molar-refractivity contribution in [2.75, 3.05) is 5.32 Å². The van der Waals surface area contributed by atoms with Gasteiger partial charge in [0.2, 0.25) is 0 Å².